The number of aromatic nitrogens is 2. The van der Waals surface area contributed by atoms with Crippen LogP contribution < -0.4 is 5.32 Å². The van der Waals surface area contributed by atoms with E-state index >= 15 is 0 Å². The lowest BCUT2D eigenvalue weighted by molar-refractivity contribution is 0.0786. The smallest absolute Gasteiger partial charge is 0.275 e. The Labute approximate surface area is 168 Å². The Morgan fingerprint density at radius 1 is 1.10 bits per heavy atom. The quantitative estimate of drug-likeness (QED) is 0.699. The van der Waals surface area contributed by atoms with E-state index < -0.39 is 6.04 Å². The zero-order valence-corrected chi connectivity index (χ0v) is 16.0. The Bertz CT molecular complexity index is 966. The lowest BCUT2D eigenvalue weighted by atomic mass is 10.1. The number of oxazole rings is 1. The standard InChI is InChI=1S/C22H22N4O3/c27-20(17-9-6-10-23-14-17)24-18(13-16-7-2-1-3-8-16)21-25-19(15-29-21)22(28)26-11-4-5-12-26/h1-3,6-10,14-15,18H,4-5,11-13H2,(H,24,27)/t18-/m1/s1. The minimum absolute atomic E-state index is 0.130. The summed E-state index contributed by atoms with van der Waals surface area (Å²) in [5, 5.41) is 2.96. The molecule has 1 aliphatic rings. The number of benzene rings is 1. The second-order valence-electron chi connectivity index (χ2n) is 7.03. The van der Waals surface area contributed by atoms with Crippen molar-refractivity contribution in [1.82, 2.24) is 20.2 Å². The molecule has 1 aromatic carbocycles. The van der Waals surface area contributed by atoms with Crippen LogP contribution in [0.2, 0.25) is 0 Å². The highest BCUT2D eigenvalue weighted by molar-refractivity contribution is 5.94. The van der Waals surface area contributed by atoms with Crippen molar-refractivity contribution in [2.75, 3.05) is 13.1 Å². The van der Waals surface area contributed by atoms with Crippen LogP contribution in [0.15, 0.2) is 65.5 Å². The number of carbonyl (C=O) groups excluding carboxylic acids is 2. The van der Waals surface area contributed by atoms with Crippen LogP contribution in [0.3, 0.4) is 0 Å². The molecule has 3 heterocycles. The molecular formula is C22H22N4O3. The van der Waals surface area contributed by atoms with Gasteiger partial charge in [-0.25, -0.2) is 4.98 Å². The first kappa shape index (κ1) is 18.9. The number of nitrogens with one attached hydrogen (secondary N) is 1. The van der Waals surface area contributed by atoms with Gasteiger partial charge in [0.05, 0.1) is 5.56 Å². The van der Waals surface area contributed by atoms with Crippen molar-refractivity contribution in [3.63, 3.8) is 0 Å². The molecule has 29 heavy (non-hydrogen) atoms. The van der Waals surface area contributed by atoms with Crippen molar-refractivity contribution < 1.29 is 14.0 Å². The van der Waals surface area contributed by atoms with Gasteiger partial charge in [-0.3, -0.25) is 14.6 Å². The number of rotatable bonds is 6. The lowest BCUT2D eigenvalue weighted by Crippen LogP contribution is -2.31. The van der Waals surface area contributed by atoms with Crippen LogP contribution in [0, 0.1) is 0 Å². The van der Waals surface area contributed by atoms with Crippen LogP contribution in [0.5, 0.6) is 0 Å². The van der Waals surface area contributed by atoms with Gasteiger partial charge >= 0.3 is 0 Å². The van der Waals surface area contributed by atoms with Crippen molar-refractivity contribution in [1.29, 1.82) is 0 Å². The monoisotopic (exact) mass is 390 g/mol. The summed E-state index contributed by atoms with van der Waals surface area (Å²) in [6.45, 7) is 1.48. The molecule has 7 nitrogen and oxygen atoms in total. The van der Waals surface area contributed by atoms with E-state index in [1.54, 1.807) is 23.2 Å². The topological polar surface area (TPSA) is 88.3 Å². The fraction of sp³-hybridized carbons (Fsp3) is 0.273. The zero-order valence-electron chi connectivity index (χ0n) is 16.0. The summed E-state index contributed by atoms with van der Waals surface area (Å²) in [5.74, 6) is -0.0900. The average molecular weight is 390 g/mol. The molecule has 0 unspecified atom stereocenters. The minimum atomic E-state index is -0.509. The summed E-state index contributed by atoms with van der Waals surface area (Å²) in [7, 11) is 0. The van der Waals surface area contributed by atoms with Crippen LogP contribution in [0.1, 0.15) is 51.2 Å². The zero-order chi connectivity index (χ0) is 20.1. The van der Waals surface area contributed by atoms with Crippen molar-refractivity contribution in [3.8, 4) is 0 Å². The summed E-state index contributed by atoms with van der Waals surface area (Å²) in [6.07, 6.45) is 7.01. The normalized spacial score (nSPS) is 14.6. The van der Waals surface area contributed by atoms with E-state index in [1.807, 2.05) is 30.3 Å². The van der Waals surface area contributed by atoms with Gasteiger partial charge < -0.3 is 14.6 Å². The largest absolute Gasteiger partial charge is 0.446 e. The SMILES string of the molecule is O=C(N[C@H](Cc1ccccc1)c1nc(C(=O)N2CCCC2)co1)c1cccnc1. The highest BCUT2D eigenvalue weighted by atomic mass is 16.3. The highest BCUT2D eigenvalue weighted by Crippen LogP contribution is 2.20. The van der Waals surface area contributed by atoms with E-state index in [2.05, 4.69) is 15.3 Å². The predicted octanol–water partition coefficient (Wildman–Crippen LogP) is 3.02. The molecule has 4 rings (SSSR count). The fourth-order valence-corrected chi connectivity index (χ4v) is 3.42. The van der Waals surface area contributed by atoms with Crippen molar-refractivity contribution >= 4 is 11.8 Å². The molecule has 1 N–H and O–H groups in total. The first-order valence-corrected chi connectivity index (χ1v) is 9.70. The molecule has 0 saturated carbocycles. The maximum Gasteiger partial charge on any atom is 0.275 e. The van der Waals surface area contributed by atoms with Crippen LogP contribution in [-0.4, -0.2) is 39.8 Å². The van der Waals surface area contributed by atoms with Gasteiger partial charge in [-0.05, 0) is 30.5 Å². The van der Waals surface area contributed by atoms with Gasteiger partial charge in [0.1, 0.15) is 12.3 Å². The Morgan fingerprint density at radius 3 is 2.62 bits per heavy atom. The lowest BCUT2D eigenvalue weighted by Gasteiger charge is -2.16. The molecule has 1 aliphatic heterocycles. The third kappa shape index (κ3) is 4.51. The van der Waals surface area contributed by atoms with E-state index in [-0.39, 0.29) is 17.5 Å². The number of likely N-dealkylation sites (tertiary alicyclic amines) is 1. The summed E-state index contributed by atoms with van der Waals surface area (Å²) >= 11 is 0. The van der Waals surface area contributed by atoms with Crippen molar-refractivity contribution in [2.24, 2.45) is 0 Å². The summed E-state index contributed by atoms with van der Waals surface area (Å²) in [5.41, 5.74) is 1.75. The van der Waals surface area contributed by atoms with Crippen LogP contribution in [0.4, 0.5) is 0 Å². The third-order valence-corrected chi connectivity index (χ3v) is 4.94. The number of amides is 2. The molecule has 1 atom stereocenters. The Hall–Kier alpha value is -3.48. The highest BCUT2D eigenvalue weighted by Gasteiger charge is 2.26. The number of pyridine rings is 1. The van der Waals surface area contributed by atoms with E-state index in [1.165, 1.54) is 12.5 Å². The second-order valence-corrected chi connectivity index (χ2v) is 7.03. The molecule has 2 amide bonds. The van der Waals surface area contributed by atoms with Gasteiger partial charge in [0, 0.05) is 31.9 Å². The van der Waals surface area contributed by atoms with Gasteiger partial charge in [-0.2, -0.15) is 0 Å². The molecule has 7 heteroatoms. The van der Waals surface area contributed by atoms with Crippen LogP contribution in [0.25, 0.3) is 0 Å². The number of carbonyl (C=O) groups is 2. The molecule has 3 aromatic rings. The van der Waals surface area contributed by atoms with Crippen molar-refractivity contribution in [2.45, 2.75) is 25.3 Å². The van der Waals surface area contributed by atoms with Gasteiger partial charge in [0.15, 0.2) is 5.69 Å². The molecule has 0 aliphatic carbocycles. The van der Waals surface area contributed by atoms with E-state index in [9.17, 15) is 9.59 Å². The molecular weight excluding hydrogens is 368 g/mol. The van der Waals surface area contributed by atoms with Crippen molar-refractivity contribution in [3.05, 3.63) is 83.8 Å². The molecule has 2 aromatic heterocycles. The van der Waals surface area contributed by atoms with E-state index in [0.29, 0.717) is 17.9 Å². The van der Waals surface area contributed by atoms with E-state index in [4.69, 9.17) is 4.42 Å². The fourth-order valence-electron chi connectivity index (χ4n) is 3.42. The first-order chi connectivity index (χ1) is 14.2. The van der Waals surface area contributed by atoms with Crippen LogP contribution >= 0.6 is 0 Å². The summed E-state index contributed by atoms with van der Waals surface area (Å²) in [6, 6.07) is 12.7. The number of hydrogen-bond donors (Lipinski definition) is 1. The molecule has 0 bridgehead atoms. The van der Waals surface area contributed by atoms with Gasteiger partial charge in [0.2, 0.25) is 5.89 Å². The predicted molar refractivity (Wildman–Crippen MR) is 106 cm³/mol. The Kier molecular flexibility index (Phi) is 5.65. The number of hydrogen-bond acceptors (Lipinski definition) is 5. The second kappa shape index (κ2) is 8.68. The van der Waals surface area contributed by atoms with Crippen LogP contribution in [-0.2, 0) is 6.42 Å². The minimum Gasteiger partial charge on any atom is -0.446 e. The molecule has 0 spiro atoms. The molecule has 0 radical (unpaired) electrons. The number of nitrogens with zero attached hydrogens (tertiary/aromatic N) is 3. The maximum atomic E-state index is 12.7. The summed E-state index contributed by atoms with van der Waals surface area (Å²) in [4.78, 5) is 35.4. The molecule has 1 fully saturated rings. The van der Waals surface area contributed by atoms with Gasteiger partial charge in [0.25, 0.3) is 11.8 Å². The molecule has 1 saturated heterocycles. The Balaban J connectivity index is 1.56. The molecule has 148 valence electrons. The first-order valence-electron chi connectivity index (χ1n) is 9.70. The Morgan fingerprint density at radius 2 is 1.90 bits per heavy atom. The average Bonchev–Trinajstić information content (AvgIpc) is 3.47. The van der Waals surface area contributed by atoms with Gasteiger partial charge in [-0.15, -0.1) is 0 Å². The third-order valence-electron chi connectivity index (χ3n) is 4.94. The van der Waals surface area contributed by atoms with E-state index in [0.717, 1.165) is 31.5 Å². The van der Waals surface area contributed by atoms with Gasteiger partial charge in [-0.1, -0.05) is 30.3 Å². The summed E-state index contributed by atoms with van der Waals surface area (Å²) < 4.78 is 5.63. The maximum absolute atomic E-state index is 12.7.